The lowest BCUT2D eigenvalue weighted by molar-refractivity contribution is -0.136. The van der Waals surface area contributed by atoms with Crippen molar-refractivity contribution in [2.24, 2.45) is 0 Å². The molecular weight excluding hydrogens is 152 g/mol. The van der Waals surface area contributed by atoms with Gasteiger partial charge in [0.1, 0.15) is 0 Å². The number of hydrogen-bond donors (Lipinski definition) is 0. The van der Waals surface area contributed by atoms with E-state index in [1.54, 1.807) is 0 Å². The Balaban J connectivity index is 4.47. The topological polar surface area (TPSA) is 26.3 Å². The zero-order valence-electron chi connectivity index (χ0n) is 8.44. The van der Waals surface area contributed by atoms with Gasteiger partial charge in [-0.15, -0.1) is 0 Å². The molecule has 0 unspecified atom stereocenters. The molecule has 0 radical (unpaired) electrons. The summed E-state index contributed by atoms with van der Waals surface area (Å²) >= 11 is 0. The van der Waals surface area contributed by atoms with Crippen molar-refractivity contribution in [3.8, 4) is 0 Å². The van der Waals surface area contributed by atoms with Crippen LogP contribution in [0, 0.1) is 0 Å². The van der Waals surface area contributed by atoms with Gasteiger partial charge in [0.15, 0.2) is 0 Å². The Morgan fingerprint density at radius 1 is 1.33 bits per heavy atom. The fourth-order valence-electron chi connectivity index (χ4n) is 1.23. The molecule has 12 heavy (non-hydrogen) atoms. The van der Waals surface area contributed by atoms with Crippen molar-refractivity contribution in [3.05, 3.63) is 11.1 Å². The van der Waals surface area contributed by atoms with Crippen LogP contribution in [0.15, 0.2) is 11.1 Å². The van der Waals surface area contributed by atoms with E-state index in [0.717, 1.165) is 24.8 Å². The average Bonchev–Trinajstić information content (AvgIpc) is 2.11. The summed E-state index contributed by atoms with van der Waals surface area (Å²) in [5.41, 5.74) is 1.99. The largest absolute Gasteiger partial charge is 0.466 e. The molecular formula is C10H18O2. The Kier molecular flexibility index (Phi) is 5.43. The number of hydrogen-bond acceptors (Lipinski definition) is 2. The van der Waals surface area contributed by atoms with E-state index in [-0.39, 0.29) is 5.97 Å². The average molecular weight is 170 g/mol. The van der Waals surface area contributed by atoms with Crippen LogP contribution in [0.3, 0.4) is 0 Å². The number of rotatable bonds is 4. The second-order valence-electron chi connectivity index (χ2n) is 2.82. The number of methoxy groups -OCH3 is 1. The van der Waals surface area contributed by atoms with Crippen molar-refractivity contribution in [3.63, 3.8) is 0 Å². The van der Waals surface area contributed by atoms with Gasteiger partial charge in [-0.05, 0) is 19.8 Å². The highest BCUT2D eigenvalue weighted by Crippen LogP contribution is 2.15. The van der Waals surface area contributed by atoms with Crippen LogP contribution < -0.4 is 0 Å². The maximum atomic E-state index is 11.1. The van der Waals surface area contributed by atoms with Gasteiger partial charge in [-0.3, -0.25) is 0 Å². The molecule has 0 aromatic heterocycles. The molecule has 0 heterocycles. The third-order valence-corrected chi connectivity index (χ3v) is 2.00. The molecule has 0 aliphatic heterocycles. The van der Waals surface area contributed by atoms with Crippen LogP contribution in [0.25, 0.3) is 0 Å². The van der Waals surface area contributed by atoms with E-state index >= 15 is 0 Å². The van der Waals surface area contributed by atoms with Crippen LogP contribution in [-0.2, 0) is 9.53 Å². The summed E-state index contributed by atoms with van der Waals surface area (Å²) in [5, 5.41) is 0. The molecule has 70 valence electrons. The molecule has 0 N–H and O–H groups in total. The van der Waals surface area contributed by atoms with Crippen LogP contribution in [0.2, 0.25) is 0 Å². The molecule has 2 heteroatoms. The molecule has 0 aliphatic carbocycles. The minimum Gasteiger partial charge on any atom is -0.466 e. The fraction of sp³-hybridized carbons (Fsp3) is 0.700. The first kappa shape index (κ1) is 11.2. The van der Waals surface area contributed by atoms with Crippen LogP contribution in [0.1, 0.15) is 40.0 Å². The first-order valence-corrected chi connectivity index (χ1v) is 4.44. The first-order valence-electron chi connectivity index (χ1n) is 4.44. The van der Waals surface area contributed by atoms with E-state index in [9.17, 15) is 4.79 Å². The van der Waals surface area contributed by atoms with E-state index in [2.05, 4.69) is 18.6 Å². The summed E-state index contributed by atoms with van der Waals surface area (Å²) in [6.45, 7) is 6.01. The van der Waals surface area contributed by atoms with Gasteiger partial charge in [0, 0.05) is 5.57 Å². The monoisotopic (exact) mass is 170 g/mol. The summed E-state index contributed by atoms with van der Waals surface area (Å²) in [5.74, 6) is -0.194. The standard InChI is InChI=1S/C10H18O2/c1-5-7-9(6-2)8(3)10(11)12-4/h5-7H2,1-4H3. The first-order chi connectivity index (χ1) is 5.67. The third-order valence-electron chi connectivity index (χ3n) is 2.00. The van der Waals surface area contributed by atoms with E-state index in [0.29, 0.717) is 0 Å². The second-order valence-corrected chi connectivity index (χ2v) is 2.82. The summed E-state index contributed by atoms with van der Waals surface area (Å²) in [4.78, 5) is 11.1. The molecule has 0 atom stereocenters. The van der Waals surface area contributed by atoms with Crippen LogP contribution in [0.4, 0.5) is 0 Å². The molecule has 0 aromatic rings. The van der Waals surface area contributed by atoms with Crippen LogP contribution in [0.5, 0.6) is 0 Å². The van der Waals surface area contributed by atoms with Crippen molar-refractivity contribution in [2.75, 3.05) is 7.11 Å². The van der Waals surface area contributed by atoms with Gasteiger partial charge in [0.05, 0.1) is 7.11 Å². The molecule has 0 aromatic carbocycles. The molecule has 0 bridgehead atoms. The van der Waals surface area contributed by atoms with E-state index in [1.165, 1.54) is 12.7 Å². The maximum absolute atomic E-state index is 11.1. The Morgan fingerprint density at radius 3 is 2.25 bits per heavy atom. The van der Waals surface area contributed by atoms with E-state index < -0.39 is 0 Å². The fourth-order valence-corrected chi connectivity index (χ4v) is 1.23. The van der Waals surface area contributed by atoms with Gasteiger partial charge in [0.25, 0.3) is 0 Å². The number of allylic oxidation sites excluding steroid dienone is 1. The normalized spacial score (nSPS) is 12.3. The van der Waals surface area contributed by atoms with Crippen molar-refractivity contribution < 1.29 is 9.53 Å². The lowest BCUT2D eigenvalue weighted by Gasteiger charge is -2.06. The lowest BCUT2D eigenvalue weighted by Crippen LogP contribution is -2.04. The molecule has 2 nitrogen and oxygen atoms in total. The number of esters is 1. The number of ether oxygens (including phenoxy) is 1. The number of carbonyl (C=O) groups excluding carboxylic acids is 1. The summed E-state index contributed by atoms with van der Waals surface area (Å²) in [6.07, 6.45) is 3.02. The van der Waals surface area contributed by atoms with Gasteiger partial charge in [0.2, 0.25) is 0 Å². The van der Waals surface area contributed by atoms with Crippen molar-refractivity contribution >= 4 is 5.97 Å². The van der Waals surface area contributed by atoms with Crippen molar-refractivity contribution in [1.82, 2.24) is 0 Å². The summed E-state index contributed by atoms with van der Waals surface area (Å²) in [6, 6.07) is 0. The molecule has 0 saturated carbocycles. The molecule has 0 rings (SSSR count). The predicted molar refractivity (Wildman–Crippen MR) is 49.9 cm³/mol. The Labute approximate surface area is 74.6 Å². The predicted octanol–water partition coefficient (Wildman–Crippen LogP) is 2.69. The third kappa shape index (κ3) is 3.07. The molecule has 0 spiro atoms. The zero-order valence-corrected chi connectivity index (χ0v) is 8.44. The summed E-state index contributed by atoms with van der Waals surface area (Å²) in [7, 11) is 1.42. The molecule has 0 saturated heterocycles. The smallest absolute Gasteiger partial charge is 0.333 e. The Bertz CT molecular complexity index is 180. The summed E-state index contributed by atoms with van der Waals surface area (Å²) < 4.78 is 4.64. The SMILES string of the molecule is CCCC(CC)=C(C)C(=O)OC. The second kappa shape index (κ2) is 5.81. The highest BCUT2D eigenvalue weighted by atomic mass is 16.5. The molecule has 0 aliphatic rings. The lowest BCUT2D eigenvalue weighted by atomic mass is 10.0. The van der Waals surface area contributed by atoms with Gasteiger partial charge in [-0.25, -0.2) is 4.79 Å². The quantitative estimate of drug-likeness (QED) is 0.479. The van der Waals surface area contributed by atoms with E-state index in [1.807, 2.05) is 6.92 Å². The van der Waals surface area contributed by atoms with Crippen molar-refractivity contribution in [2.45, 2.75) is 40.0 Å². The Hall–Kier alpha value is -0.790. The van der Waals surface area contributed by atoms with E-state index in [4.69, 9.17) is 0 Å². The minimum atomic E-state index is -0.194. The van der Waals surface area contributed by atoms with Gasteiger partial charge in [-0.2, -0.15) is 0 Å². The zero-order chi connectivity index (χ0) is 9.56. The highest BCUT2D eigenvalue weighted by Gasteiger charge is 2.08. The van der Waals surface area contributed by atoms with Gasteiger partial charge in [-0.1, -0.05) is 25.8 Å². The molecule has 0 amide bonds. The van der Waals surface area contributed by atoms with Crippen LogP contribution in [-0.4, -0.2) is 13.1 Å². The Morgan fingerprint density at radius 2 is 1.92 bits per heavy atom. The van der Waals surface area contributed by atoms with Crippen molar-refractivity contribution in [1.29, 1.82) is 0 Å². The minimum absolute atomic E-state index is 0.194. The highest BCUT2D eigenvalue weighted by molar-refractivity contribution is 5.88. The number of carbonyl (C=O) groups is 1. The van der Waals surface area contributed by atoms with Gasteiger partial charge < -0.3 is 4.74 Å². The molecule has 0 fully saturated rings. The van der Waals surface area contributed by atoms with Gasteiger partial charge >= 0.3 is 5.97 Å². The maximum Gasteiger partial charge on any atom is 0.333 e. The van der Waals surface area contributed by atoms with Crippen LogP contribution >= 0.6 is 0 Å².